The van der Waals surface area contributed by atoms with Gasteiger partial charge >= 0.3 is 0 Å². The fraction of sp³-hybridized carbons (Fsp3) is 0.0179. The van der Waals surface area contributed by atoms with Gasteiger partial charge in [0, 0.05) is 32.8 Å². The van der Waals surface area contributed by atoms with Gasteiger partial charge in [-0.2, -0.15) is 0 Å². The third-order valence-corrected chi connectivity index (χ3v) is 12.1. The third kappa shape index (κ3) is 5.40. The average molecular weight is 753 g/mol. The molecule has 0 radical (unpaired) electrons. The largest absolute Gasteiger partial charge is 0.464 e. The minimum atomic E-state index is 0.907. The van der Waals surface area contributed by atoms with Gasteiger partial charge in [0.15, 0.2) is 0 Å². The fourth-order valence-electron chi connectivity index (χ4n) is 9.22. The van der Waals surface area contributed by atoms with Gasteiger partial charge in [-0.25, -0.2) is 4.98 Å². The second-order valence-electron chi connectivity index (χ2n) is 15.6. The first-order valence-corrected chi connectivity index (χ1v) is 20.2. The highest BCUT2D eigenvalue weighted by Gasteiger charge is 2.20. The standard InChI is InChI=1S/C56H36N2O/c1-35-19-21-36(22-20-35)40-24-26-54-50(29-40)51-33-48-45-17-9-8-16-44(45)46-25-23-41(43-18-10-15-39-27-28-59-56(39)43)30-47(46)49(48)34-55(51)58(54)42-31-52(37-11-4-2-5-12-37)57-53(32-42)38-13-6-3-7-14-38/h2-34H,1H3. The lowest BCUT2D eigenvalue weighted by molar-refractivity contribution is 0.617. The summed E-state index contributed by atoms with van der Waals surface area (Å²) in [7, 11) is 0. The molecule has 12 rings (SSSR count). The van der Waals surface area contributed by atoms with Gasteiger partial charge in [0.2, 0.25) is 0 Å². The Morgan fingerprint density at radius 1 is 0.390 bits per heavy atom. The smallest absolute Gasteiger partial charge is 0.141 e. The van der Waals surface area contributed by atoms with Crippen molar-refractivity contribution >= 4 is 65.1 Å². The van der Waals surface area contributed by atoms with Gasteiger partial charge in [-0.3, -0.25) is 0 Å². The van der Waals surface area contributed by atoms with E-state index >= 15 is 0 Å². The molecule has 0 aliphatic heterocycles. The van der Waals surface area contributed by atoms with Crippen LogP contribution in [0.4, 0.5) is 0 Å². The van der Waals surface area contributed by atoms with E-state index < -0.39 is 0 Å². The molecule has 9 aromatic carbocycles. The van der Waals surface area contributed by atoms with Crippen LogP contribution in [0.15, 0.2) is 205 Å². The molecule has 12 aromatic rings. The summed E-state index contributed by atoms with van der Waals surface area (Å²) in [5.41, 5.74) is 14.2. The SMILES string of the molecule is Cc1ccc(-c2ccc3c(c2)c2cc4c5ccccc5c5ccc(-c6cccc7ccoc67)cc5c4cc2n3-c2cc(-c3ccccc3)nc(-c3ccccc3)c2)cc1. The van der Waals surface area contributed by atoms with E-state index in [1.807, 2.05) is 6.07 Å². The van der Waals surface area contributed by atoms with Crippen molar-refractivity contribution in [3.8, 4) is 50.5 Å². The molecule has 0 N–H and O–H groups in total. The molecule has 3 heteroatoms. The highest BCUT2D eigenvalue weighted by Crippen LogP contribution is 2.44. The molecule has 0 aliphatic rings. The Kier molecular flexibility index (Phi) is 7.45. The van der Waals surface area contributed by atoms with Crippen LogP contribution >= 0.6 is 0 Å². The first kappa shape index (κ1) is 33.4. The highest BCUT2D eigenvalue weighted by molar-refractivity contribution is 6.29. The number of hydrogen-bond donors (Lipinski definition) is 0. The van der Waals surface area contributed by atoms with Gasteiger partial charge in [0.1, 0.15) is 5.58 Å². The number of aryl methyl sites for hydroxylation is 1. The van der Waals surface area contributed by atoms with Crippen LogP contribution in [-0.2, 0) is 0 Å². The number of aromatic nitrogens is 2. The molecule has 0 aliphatic carbocycles. The summed E-state index contributed by atoms with van der Waals surface area (Å²) in [5.74, 6) is 0. The van der Waals surface area contributed by atoms with Gasteiger partial charge in [-0.1, -0.05) is 151 Å². The Balaban J connectivity index is 1.21. The Labute approximate surface area is 341 Å². The first-order valence-electron chi connectivity index (χ1n) is 20.2. The molecular weight excluding hydrogens is 717 g/mol. The molecule has 3 heterocycles. The summed E-state index contributed by atoms with van der Waals surface area (Å²) >= 11 is 0. The van der Waals surface area contributed by atoms with Crippen LogP contribution in [0.5, 0.6) is 0 Å². The molecule has 0 fully saturated rings. The summed E-state index contributed by atoms with van der Waals surface area (Å²) in [6, 6.07) is 70.4. The van der Waals surface area contributed by atoms with Gasteiger partial charge in [0.05, 0.1) is 34.4 Å². The number of rotatable bonds is 5. The number of nitrogens with zero attached hydrogens (tertiary/aromatic N) is 2. The van der Waals surface area contributed by atoms with Crippen molar-refractivity contribution in [2.24, 2.45) is 0 Å². The van der Waals surface area contributed by atoms with E-state index in [2.05, 4.69) is 200 Å². The lowest BCUT2D eigenvalue weighted by Gasteiger charge is -2.15. The predicted octanol–water partition coefficient (Wildman–Crippen LogP) is 15.4. The van der Waals surface area contributed by atoms with Crippen molar-refractivity contribution in [2.45, 2.75) is 6.92 Å². The predicted molar refractivity (Wildman–Crippen MR) is 247 cm³/mol. The molecule has 0 saturated carbocycles. The maximum absolute atomic E-state index is 6.05. The third-order valence-electron chi connectivity index (χ3n) is 12.1. The number of furan rings is 1. The van der Waals surface area contributed by atoms with E-state index in [4.69, 9.17) is 9.40 Å². The maximum Gasteiger partial charge on any atom is 0.141 e. The normalized spacial score (nSPS) is 11.8. The van der Waals surface area contributed by atoms with Gasteiger partial charge in [-0.15, -0.1) is 0 Å². The molecule has 0 atom stereocenters. The summed E-state index contributed by atoms with van der Waals surface area (Å²) in [5, 5.41) is 10.9. The summed E-state index contributed by atoms with van der Waals surface area (Å²) in [6.07, 6.45) is 1.78. The number of para-hydroxylation sites is 1. The van der Waals surface area contributed by atoms with E-state index in [-0.39, 0.29) is 0 Å². The van der Waals surface area contributed by atoms with Crippen LogP contribution in [0.2, 0.25) is 0 Å². The van der Waals surface area contributed by atoms with Crippen molar-refractivity contribution in [3.05, 3.63) is 206 Å². The second kappa shape index (κ2) is 13.2. The van der Waals surface area contributed by atoms with Gasteiger partial charge < -0.3 is 8.98 Å². The first-order chi connectivity index (χ1) is 29.1. The van der Waals surface area contributed by atoms with E-state index in [1.165, 1.54) is 59.8 Å². The number of benzene rings is 9. The van der Waals surface area contributed by atoms with Crippen LogP contribution in [-0.4, -0.2) is 9.55 Å². The molecular formula is C56H36N2O. The molecule has 276 valence electrons. The fourth-order valence-corrected chi connectivity index (χ4v) is 9.22. The monoisotopic (exact) mass is 752 g/mol. The maximum atomic E-state index is 6.05. The van der Waals surface area contributed by atoms with Crippen LogP contribution < -0.4 is 0 Å². The molecule has 0 amide bonds. The van der Waals surface area contributed by atoms with Crippen LogP contribution in [0.1, 0.15) is 5.56 Å². The second-order valence-corrected chi connectivity index (χ2v) is 15.6. The van der Waals surface area contributed by atoms with Gasteiger partial charge in [-0.05, 0) is 104 Å². The minimum absolute atomic E-state index is 0.907. The van der Waals surface area contributed by atoms with Crippen LogP contribution in [0, 0.1) is 6.92 Å². The molecule has 0 unspecified atom stereocenters. The molecule has 3 nitrogen and oxygen atoms in total. The number of fused-ring (bicyclic) bond motifs is 10. The summed E-state index contributed by atoms with van der Waals surface area (Å²) < 4.78 is 8.51. The van der Waals surface area contributed by atoms with E-state index in [0.29, 0.717) is 0 Å². The summed E-state index contributed by atoms with van der Waals surface area (Å²) in [4.78, 5) is 5.26. The Bertz CT molecular complexity index is 3540. The van der Waals surface area contributed by atoms with Gasteiger partial charge in [0.25, 0.3) is 0 Å². The lowest BCUT2D eigenvalue weighted by Crippen LogP contribution is -1.98. The van der Waals surface area contributed by atoms with Crippen molar-refractivity contribution in [1.29, 1.82) is 0 Å². The van der Waals surface area contributed by atoms with Crippen molar-refractivity contribution in [1.82, 2.24) is 9.55 Å². The lowest BCUT2D eigenvalue weighted by atomic mass is 9.91. The molecule has 0 bridgehead atoms. The van der Waals surface area contributed by atoms with E-state index in [9.17, 15) is 0 Å². The highest BCUT2D eigenvalue weighted by atomic mass is 16.3. The topological polar surface area (TPSA) is 31.0 Å². The van der Waals surface area contributed by atoms with Crippen molar-refractivity contribution in [3.63, 3.8) is 0 Å². The van der Waals surface area contributed by atoms with Crippen molar-refractivity contribution < 1.29 is 4.42 Å². The molecule has 3 aromatic heterocycles. The summed E-state index contributed by atoms with van der Waals surface area (Å²) in [6.45, 7) is 2.14. The minimum Gasteiger partial charge on any atom is -0.464 e. The van der Waals surface area contributed by atoms with Crippen molar-refractivity contribution in [2.75, 3.05) is 0 Å². The van der Waals surface area contributed by atoms with Crippen LogP contribution in [0.25, 0.3) is 116 Å². The molecule has 0 saturated heterocycles. The Morgan fingerprint density at radius 2 is 0.983 bits per heavy atom. The van der Waals surface area contributed by atoms with E-state index in [0.717, 1.165) is 61.3 Å². The molecule has 0 spiro atoms. The number of pyridine rings is 1. The Hall–Kier alpha value is -7.75. The zero-order chi connectivity index (χ0) is 39.0. The van der Waals surface area contributed by atoms with E-state index in [1.54, 1.807) is 6.26 Å². The zero-order valence-electron chi connectivity index (χ0n) is 32.4. The quantitative estimate of drug-likeness (QED) is 0.164. The van der Waals surface area contributed by atoms with Crippen LogP contribution in [0.3, 0.4) is 0 Å². The number of hydrogen-bond acceptors (Lipinski definition) is 2. The Morgan fingerprint density at radius 3 is 1.73 bits per heavy atom. The molecule has 59 heavy (non-hydrogen) atoms. The zero-order valence-corrected chi connectivity index (χ0v) is 32.4. The average Bonchev–Trinajstić information content (AvgIpc) is 3.92.